The van der Waals surface area contributed by atoms with Gasteiger partial charge in [0.2, 0.25) is 0 Å². The Bertz CT molecular complexity index is 693. The molecule has 1 fully saturated rings. The Morgan fingerprint density at radius 3 is 2.67 bits per heavy atom. The lowest BCUT2D eigenvalue weighted by Crippen LogP contribution is -2.29. The van der Waals surface area contributed by atoms with Gasteiger partial charge in [0.05, 0.1) is 5.56 Å². The van der Waals surface area contributed by atoms with Crippen molar-refractivity contribution < 1.29 is 0 Å². The van der Waals surface area contributed by atoms with Gasteiger partial charge >= 0.3 is 0 Å². The Morgan fingerprint density at radius 2 is 2.00 bits per heavy atom. The Hall–Kier alpha value is -1.94. The molecule has 0 amide bonds. The summed E-state index contributed by atoms with van der Waals surface area (Å²) in [5.41, 5.74) is 2.90. The third kappa shape index (κ3) is 2.90. The number of hydrogen-bond donors (Lipinski definition) is 2. The van der Waals surface area contributed by atoms with E-state index in [0.29, 0.717) is 17.8 Å². The minimum absolute atomic E-state index is 0.0144. The standard InChI is InChI=1S/C17H21N3O/c1-10-16(17(21)20-12(3)18-10)11(2)19-15-9-14(15)13-7-5-4-6-8-13/h4-8,11,14-15,19H,9H2,1-3H3,(H,18,20,21). The summed E-state index contributed by atoms with van der Waals surface area (Å²) in [6.07, 6.45) is 1.13. The van der Waals surface area contributed by atoms with E-state index in [9.17, 15) is 4.79 Å². The van der Waals surface area contributed by atoms with Crippen LogP contribution in [0.4, 0.5) is 0 Å². The van der Waals surface area contributed by atoms with E-state index in [0.717, 1.165) is 17.7 Å². The molecule has 3 atom stereocenters. The molecular weight excluding hydrogens is 262 g/mol. The summed E-state index contributed by atoms with van der Waals surface area (Å²) in [6, 6.07) is 11.0. The summed E-state index contributed by atoms with van der Waals surface area (Å²) in [4.78, 5) is 19.3. The van der Waals surface area contributed by atoms with Gasteiger partial charge in [0.25, 0.3) is 5.56 Å². The van der Waals surface area contributed by atoms with E-state index in [2.05, 4.69) is 39.6 Å². The summed E-state index contributed by atoms with van der Waals surface area (Å²) in [7, 11) is 0. The van der Waals surface area contributed by atoms with Crippen LogP contribution in [0.1, 0.15) is 47.9 Å². The second-order valence-corrected chi connectivity index (χ2v) is 5.90. The predicted molar refractivity (Wildman–Crippen MR) is 83.5 cm³/mol. The molecule has 1 aromatic carbocycles. The molecule has 2 aromatic rings. The first-order valence-corrected chi connectivity index (χ1v) is 7.44. The molecule has 3 rings (SSSR count). The zero-order valence-electron chi connectivity index (χ0n) is 12.7. The van der Waals surface area contributed by atoms with Gasteiger partial charge in [-0.05, 0) is 32.8 Å². The lowest BCUT2D eigenvalue weighted by Gasteiger charge is -2.15. The van der Waals surface area contributed by atoms with Crippen LogP contribution in [0.25, 0.3) is 0 Å². The zero-order chi connectivity index (χ0) is 15.0. The van der Waals surface area contributed by atoms with Crippen LogP contribution in [0.2, 0.25) is 0 Å². The number of rotatable bonds is 4. The number of benzene rings is 1. The van der Waals surface area contributed by atoms with Crippen molar-refractivity contribution in [2.45, 2.75) is 45.2 Å². The highest BCUT2D eigenvalue weighted by Gasteiger charge is 2.39. The summed E-state index contributed by atoms with van der Waals surface area (Å²) in [5.74, 6) is 1.23. The fraction of sp³-hybridized carbons (Fsp3) is 0.412. The van der Waals surface area contributed by atoms with Crippen LogP contribution in [-0.2, 0) is 0 Å². The van der Waals surface area contributed by atoms with Crippen LogP contribution in [0.3, 0.4) is 0 Å². The Morgan fingerprint density at radius 1 is 1.29 bits per heavy atom. The average Bonchev–Trinajstić information content (AvgIpc) is 3.17. The number of hydrogen-bond acceptors (Lipinski definition) is 3. The van der Waals surface area contributed by atoms with Crippen molar-refractivity contribution in [2.24, 2.45) is 0 Å². The van der Waals surface area contributed by atoms with Crippen LogP contribution in [0.15, 0.2) is 35.1 Å². The highest BCUT2D eigenvalue weighted by molar-refractivity contribution is 5.29. The molecule has 21 heavy (non-hydrogen) atoms. The van der Waals surface area contributed by atoms with Crippen LogP contribution in [-0.4, -0.2) is 16.0 Å². The summed E-state index contributed by atoms with van der Waals surface area (Å²) in [5, 5.41) is 3.56. The molecule has 0 bridgehead atoms. The third-order valence-electron chi connectivity index (χ3n) is 4.18. The van der Waals surface area contributed by atoms with E-state index in [4.69, 9.17) is 0 Å². The average molecular weight is 283 g/mol. The molecule has 0 saturated heterocycles. The van der Waals surface area contributed by atoms with E-state index in [1.165, 1.54) is 5.56 Å². The third-order valence-corrected chi connectivity index (χ3v) is 4.18. The first-order chi connectivity index (χ1) is 10.1. The number of H-pyrrole nitrogens is 1. The van der Waals surface area contributed by atoms with Gasteiger partial charge in [0.1, 0.15) is 5.82 Å². The van der Waals surface area contributed by atoms with Crippen LogP contribution >= 0.6 is 0 Å². The highest BCUT2D eigenvalue weighted by Crippen LogP contribution is 2.41. The number of aromatic amines is 1. The molecule has 4 heteroatoms. The van der Waals surface area contributed by atoms with Crippen LogP contribution < -0.4 is 10.9 Å². The summed E-state index contributed by atoms with van der Waals surface area (Å²) in [6.45, 7) is 5.74. The first kappa shape index (κ1) is 14.0. The zero-order valence-corrected chi connectivity index (χ0v) is 12.7. The molecule has 4 nitrogen and oxygen atoms in total. The van der Waals surface area contributed by atoms with E-state index in [1.54, 1.807) is 0 Å². The van der Waals surface area contributed by atoms with Gasteiger partial charge in [-0.3, -0.25) is 4.79 Å². The molecule has 1 aliphatic rings. The van der Waals surface area contributed by atoms with Gasteiger partial charge in [0, 0.05) is 23.7 Å². The van der Waals surface area contributed by atoms with Crippen molar-refractivity contribution in [1.29, 1.82) is 0 Å². The predicted octanol–water partition coefficient (Wildman–Crippen LogP) is 2.59. The monoisotopic (exact) mass is 283 g/mol. The van der Waals surface area contributed by atoms with Crippen molar-refractivity contribution in [3.63, 3.8) is 0 Å². The summed E-state index contributed by atoms with van der Waals surface area (Å²) < 4.78 is 0. The Kier molecular flexibility index (Phi) is 3.64. The number of nitrogens with zero attached hydrogens (tertiary/aromatic N) is 1. The lowest BCUT2D eigenvalue weighted by molar-refractivity contribution is 0.551. The lowest BCUT2D eigenvalue weighted by atomic mass is 10.1. The largest absolute Gasteiger partial charge is 0.310 e. The summed E-state index contributed by atoms with van der Waals surface area (Å²) >= 11 is 0. The second kappa shape index (κ2) is 5.45. The maximum atomic E-state index is 12.1. The van der Waals surface area contributed by atoms with Crippen LogP contribution in [0, 0.1) is 13.8 Å². The molecule has 1 aliphatic carbocycles. The highest BCUT2D eigenvalue weighted by atomic mass is 16.1. The smallest absolute Gasteiger partial charge is 0.255 e. The molecule has 110 valence electrons. The minimum atomic E-state index is -0.0306. The van der Waals surface area contributed by atoms with Gasteiger partial charge in [-0.15, -0.1) is 0 Å². The second-order valence-electron chi connectivity index (χ2n) is 5.90. The number of aromatic nitrogens is 2. The maximum Gasteiger partial charge on any atom is 0.255 e. The molecule has 1 aromatic heterocycles. The number of aryl methyl sites for hydroxylation is 2. The van der Waals surface area contributed by atoms with Gasteiger partial charge in [-0.2, -0.15) is 0 Å². The van der Waals surface area contributed by atoms with Crippen molar-refractivity contribution in [3.05, 3.63) is 63.3 Å². The van der Waals surface area contributed by atoms with Crippen molar-refractivity contribution in [3.8, 4) is 0 Å². The van der Waals surface area contributed by atoms with E-state index in [-0.39, 0.29) is 11.6 Å². The number of nitrogens with one attached hydrogen (secondary N) is 2. The van der Waals surface area contributed by atoms with Crippen molar-refractivity contribution >= 4 is 0 Å². The normalized spacial score (nSPS) is 22.0. The van der Waals surface area contributed by atoms with E-state index < -0.39 is 0 Å². The van der Waals surface area contributed by atoms with Crippen molar-refractivity contribution in [1.82, 2.24) is 15.3 Å². The Balaban J connectivity index is 1.72. The quantitative estimate of drug-likeness (QED) is 0.906. The Labute approximate surface area is 124 Å². The molecule has 1 heterocycles. The van der Waals surface area contributed by atoms with Gasteiger partial charge in [0.15, 0.2) is 0 Å². The SMILES string of the molecule is Cc1nc(C)c(C(C)NC2CC2c2ccccc2)c(=O)[nH]1. The van der Waals surface area contributed by atoms with E-state index >= 15 is 0 Å². The molecule has 2 N–H and O–H groups in total. The fourth-order valence-corrected chi connectivity index (χ4v) is 3.10. The molecule has 3 unspecified atom stereocenters. The topological polar surface area (TPSA) is 57.8 Å². The maximum absolute atomic E-state index is 12.1. The first-order valence-electron chi connectivity index (χ1n) is 7.44. The minimum Gasteiger partial charge on any atom is -0.310 e. The molecule has 1 saturated carbocycles. The van der Waals surface area contributed by atoms with Gasteiger partial charge in [-0.1, -0.05) is 30.3 Å². The van der Waals surface area contributed by atoms with E-state index in [1.807, 2.05) is 26.8 Å². The molecule has 0 radical (unpaired) electrons. The van der Waals surface area contributed by atoms with Gasteiger partial charge in [-0.25, -0.2) is 4.98 Å². The van der Waals surface area contributed by atoms with Gasteiger partial charge < -0.3 is 10.3 Å². The van der Waals surface area contributed by atoms with Crippen molar-refractivity contribution in [2.75, 3.05) is 0 Å². The van der Waals surface area contributed by atoms with Crippen LogP contribution in [0.5, 0.6) is 0 Å². The molecule has 0 spiro atoms. The fourth-order valence-electron chi connectivity index (χ4n) is 3.10. The molecule has 0 aliphatic heterocycles. The molecular formula is C17H21N3O.